The van der Waals surface area contributed by atoms with E-state index in [0.29, 0.717) is 19.6 Å². The van der Waals surface area contributed by atoms with Crippen LogP contribution in [0.2, 0.25) is 0 Å². The number of nitrogens with one attached hydrogen (secondary N) is 1. The summed E-state index contributed by atoms with van der Waals surface area (Å²) in [6.07, 6.45) is 3.84. The molecule has 1 saturated heterocycles. The third-order valence-corrected chi connectivity index (χ3v) is 4.62. The first kappa shape index (κ1) is 14.9. The second kappa shape index (κ2) is 6.10. The fourth-order valence-electron chi connectivity index (χ4n) is 3.34. The van der Waals surface area contributed by atoms with Gasteiger partial charge in [0.1, 0.15) is 11.6 Å². The van der Waals surface area contributed by atoms with E-state index in [2.05, 4.69) is 20.1 Å². The molecule has 8 heteroatoms. The van der Waals surface area contributed by atoms with Crippen molar-refractivity contribution in [3.05, 3.63) is 35.8 Å². The molecule has 0 saturated carbocycles. The number of carbonyl (C=O) groups excluding carboxylic acids is 2. The van der Waals surface area contributed by atoms with Gasteiger partial charge in [0.2, 0.25) is 11.8 Å². The average molecular weight is 329 g/mol. The van der Waals surface area contributed by atoms with Crippen LogP contribution in [0.25, 0.3) is 0 Å². The van der Waals surface area contributed by atoms with Gasteiger partial charge < -0.3 is 19.2 Å². The zero-order valence-corrected chi connectivity index (χ0v) is 13.3. The topological polar surface area (TPSA) is 93.3 Å². The van der Waals surface area contributed by atoms with E-state index < -0.39 is 0 Å². The van der Waals surface area contributed by atoms with Crippen molar-refractivity contribution < 1.29 is 14.0 Å². The molecule has 1 atom stereocenters. The normalized spacial score (nSPS) is 19.8. The van der Waals surface area contributed by atoms with Crippen LogP contribution in [0.1, 0.15) is 30.3 Å². The van der Waals surface area contributed by atoms with Gasteiger partial charge in [-0.25, -0.2) is 0 Å². The van der Waals surface area contributed by atoms with Crippen LogP contribution in [0.3, 0.4) is 0 Å². The first-order chi connectivity index (χ1) is 11.7. The number of nitrogens with zero attached hydrogens (tertiary/aromatic N) is 4. The standard InChI is InChI=1S/C16H19N5O3/c22-15-7-11(9-20(15)10-12-3-2-6-24-12)16(23)17-8-14-19-18-13-4-1-5-21(13)14/h2-3,6,11H,1,4-5,7-10H2,(H,17,23). The molecule has 2 aliphatic heterocycles. The van der Waals surface area contributed by atoms with Crippen LogP contribution in [0.15, 0.2) is 22.8 Å². The summed E-state index contributed by atoms with van der Waals surface area (Å²) < 4.78 is 7.32. The second-order valence-corrected chi connectivity index (χ2v) is 6.26. The van der Waals surface area contributed by atoms with Gasteiger partial charge in [0.25, 0.3) is 0 Å². The number of furan rings is 1. The molecule has 8 nitrogen and oxygen atoms in total. The van der Waals surface area contributed by atoms with Gasteiger partial charge >= 0.3 is 0 Å². The minimum atomic E-state index is -0.326. The molecule has 0 aliphatic carbocycles. The minimum absolute atomic E-state index is 0.0186. The third kappa shape index (κ3) is 2.79. The van der Waals surface area contributed by atoms with Crippen LogP contribution in [-0.4, -0.2) is 38.0 Å². The van der Waals surface area contributed by atoms with Gasteiger partial charge in [-0.2, -0.15) is 0 Å². The van der Waals surface area contributed by atoms with Crippen molar-refractivity contribution in [3.63, 3.8) is 0 Å². The van der Waals surface area contributed by atoms with Gasteiger partial charge in [-0.3, -0.25) is 9.59 Å². The Balaban J connectivity index is 1.32. The molecule has 0 bridgehead atoms. The fourth-order valence-corrected chi connectivity index (χ4v) is 3.34. The molecule has 2 aromatic heterocycles. The Morgan fingerprint density at radius 3 is 3.17 bits per heavy atom. The van der Waals surface area contributed by atoms with Gasteiger partial charge in [-0.1, -0.05) is 0 Å². The lowest BCUT2D eigenvalue weighted by Crippen LogP contribution is -2.33. The van der Waals surface area contributed by atoms with Crippen LogP contribution in [-0.2, 0) is 35.6 Å². The number of likely N-dealkylation sites (tertiary alicyclic amines) is 1. The van der Waals surface area contributed by atoms with Gasteiger partial charge in [0.15, 0.2) is 5.82 Å². The molecular weight excluding hydrogens is 310 g/mol. The van der Waals surface area contributed by atoms with Gasteiger partial charge in [0, 0.05) is 25.9 Å². The molecule has 1 fully saturated rings. The van der Waals surface area contributed by atoms with E-state index in [1.54, 1.807) is 17.2 Å². The van der Waals surface area contributed by atoms with Gasteiger partial charge in [-0.05, 0) is 18.6 Å². The fraction of sp³-hybridized carbons (Fsp3) is 0.500. The maximum atomic E-state index is 12.4. The molecule has 2 aromatic rings. The van der Waals surface area contributed by atoms with E-state index >= 15 is 0 Å². The van der Waals surface area contributed by atoms with Crippen LogP contribution in [0, 0.1) is 5.92 Å². The van der Waals surface area contributed by atoms with E-state index in [1.807, 2.05) is 6.07 Å². The summed E-state index contributed by atoms with van der Waals surface area (Å²) in [5.74, 6) is 2.04. The van der Waals surface area contributed by atoms with Crippen molar-refractivity contribution in [1.29, 1.82) is 0 Å². The summed E-state index contributed by atoms with van der Waals surface area (Å²) in [5, 5.41) is 11.1. The van der Waals surface area contributed by atoms with E-state index in [0.717, 1.165) is 36.8 Å². The quantitative estimate of drug-likeness (QED) is 0.861. The Labute approximate surface area is 138 Å². The zero-order chi connectivity index (χ0) is 16.5. The number of fused-ring (bicyclic) bond motifs is 1. The van der Waals surface area contributed by atoms with Crippen molar-refractivity contribution in [2.45, 2.75) is 38.9 Å². The number of aromatic nitrogens is 3. The summed E-state index contributed by atoms with van der Waals surface area (Å²) in [6.45, 7) is 2.09. The second-order valence-electron chi connectivity index (χ2n) is 6.26. The number of aryl methyl sites for hydroxylation is 1. The van der Waals surface area contributed by atoms with Crippen LogP contribution in [0.4, 0.5) is 0 Å². The van der Waals surface area contributed by atoms with E-state index in [-0.39, 0.29) is 24.2 Å². The van der Waals surface area contributed by atoms with Crippen molar-refractivity contribution in [3.8, 4) is 0 Å². The van der Waals surface area contributed by atoms with Crippen molar-refractivity contribution >= 4 is 11.8 Å². The molecule has 2 aliphatic rings. The van der Waals surface area contributed by atoms with Crippen molar-refractivity contribution in [2.24, 2.45) is 5.92 Å². The van der Waals surface area contributed by atoms with Crippen molar-refractivity contribution in [1.82, 2.24) is 25.0 Å². The van der Waals surface area contributed by atoms with Gasteiger partial charge in [-0.15, -0.1) is 10.2 Å². The van der Waals surface area contributed by atoms with E-state index in [1.165, 1.54) is 0 Å². The number of rotatable bonds is 5. The van der Waals surface area contributed by atoms with E-state index in [4.69, 9.17) is 4.42 Å². The average Bonchev–Trinajstić information content (AvgIpc) is 3.31. The van der Waals surface area contributed by atoms with Crippen molar-refractivity contribution in [2.75, 3.05) is 6.54 Å². The Morgan fingerprint density at radius 1 is 1.42 bits per heavy atom. The van der Waals surface area contributed by atoms with Crippen LogP contribution in [0.5, 0.6) is 0 Å². The molecule has 24 heavy (non-hydrogen) atoms. The Hall–Kier alpha value is -2.64. The maximum Gasteiger partial charge on any atom is 0.225 e. The highest BCUT2D eigenvalue weighted by Crippen LogP contribution is 2.21. The zero-order valence-electron chi connectivity index (χ0n) is 13.3. The summed E-state index contributed by atoms with van der Waals surface area (Å²) in [4.78, 5) is 26.1. The number of amides is 2. The summed E-state index contributed by atoms with van der Waals surface area (Å²) in [6, 6.07) is 3.61. The maximum absolute atomic E-state index is 12.4. The predicted octanol–water partition coefficient (Wildman–Crippen LogP) is 0.482. The Bertz CT molecular complexity index is 752. The lowest BCUT2D eigenvalue weighted by molar-refractivity contribution is -0.129. The number of carbonyl (C=O) groups is 2. The molecule has 4 rings (SSSR count). The highest BCUT2D eigenvalue weighted by molar-refractivity contribution is 5.89. The SMILES string of the molecule is O=C(NCc1nnc2n1CCC2)C1CC(=O)N(Cc2ccco2)C1. The highest BCUT2D eigenvalue weighted by Gasteiger charge is 2.34. The highest BCUT2D eigenvalue weighted by atomic mass is 16.3. The molecule has 0 aromatic carbocycles. The van der Waals surface area contributed by atoms with Crippen LogP contribution >= 0.6 is 0 Å². The molecule has 1 unspecified atom stereocenters. The molecule has 0 radical (unpaired) electrons. The van der Waals surface area contributed by atoms with Crippen LogP contribution < -0.4 is 5.32 Å². The third-order valence-electron chi connectivity index (χ3n) is 4.62. The Kier molecular flexibility index (Phi) is 3.79. The number of hydrogen-bond donors (Lipinski definition) is 1. The lowest BCUT2D eigenvalue weighted by atomic mass is 10.1. The number of hydrogen-bond acceptors (Lipinski definition) is 5. The monoisotopic (exact) mass is 329 g/mol. The largest absolute Gasteiger partial charge is 0.467 e. The molecule has 2 amide bonds. The molecule has 0 spiro atoms. The molecule has 126 valence electrons. The van der Waals surface area contributed by atoms with Gasteiger partial charge in [0.05, 0.1) is 25.3 Å². The molecular formula is C16H19N5O3. The first-order valence-corrected chi connectivity index (χ1v) is 8.19. The lowest BCUT2D eigenvalue weighted by Gasteiger charge is -2.15. The molecule has 4 heterocycles. The Morgan fingerprint density at radius 2 is 2.33 bits per heavy atom. The smallest absolute Gasteiger partial charge is 0.225 e. The first-order valence-electron chi connectivity index (χ1n) is 8.19. The molecule has 1 N–H and O–H groups in total. The summed E-state index contributed by atoms with van der Waals surface area (Å²) in [7, 11) is 0. The van der Waals surface area contributed by atoms with E-state index in [9.17, 15) is 9.59 Å². The minimum Gasteiger partial charge on any atom is -0.467 e. The predicted molar refractivity (Wildman–Crippen MR) is 82.4 cm³/mol. The summed E-state index contributed by atoms with van der Waals surface area (Å²) >= 11 is 0. The summed E-state index contributed by atoms with van der Waals surface area (Å²) in [5.41, 5.74) is 0.